The highest BCUT2D eigenvalue weighted by molar-refractivity contribution is 5.95. The minimum atomic E-state index is -1.18. The van der Waals surface area contributed by atoms with Crippen LogP contribution in [0.25, 0.3) is 0 Å². The molecule has 2 aliphatic heterocycles. The number of hydrogen-bond acceptors (Lipinski definition) is 5. The molecule has 8 heteroatoms. The number of carbonyl (C=O) groups is 2. The second kappa shape index (κ2) is 7.48. The molecule has 0 aromatic heterocycles. The van der Waals surface area contributed by atoms with Gasteiger partial charge in [0.15, 0.2) is 6.23 Å². The van der Waals surface area contributed by atoms with Gasteiger partial charge >= 0.3 is 0 Å². The fourth-order valence-electron chi connectivity index (χ4n) is 4.52. The van der Waals surface area contributed by atoms with Crippen molar-refractivity contribution in [2.24, 2.45) is 0 Å². The Kier molecular flexibility index (Phi) is 4.85. The number of amides is 2. The van der Waals surface area contributed by atoms with Gasteiger partial charge in [0, 0.05) is 49.9 Å². The van der Waals surface area contributed by atoms with E-state index in [1.807, 2.05) is 31.0 Å². The average Bonchev–Trinajstić information content (AvgIpc) is 3.46. The summed E-state index contributed by atoms with van der Waals surface area (Å²) in [7, 11) is 1.88. The van der Waals surface area contributed by atoms with Crippen molar-refractivity contribution >= 4 is 17.5 Å². The van der Waals surface area contributed by atoms with Gasteiger partial charge in [-0.1, -0.05) is 12.1 Å². The van der Waals surface area contributed by atoms with E-state index in [0.717, 1.165) is 11.3 Å². The van der Waals surface area contributed by atoms with E-state index in [-0.39, 0.29) is 23.7 Å². The lowest BCUT2D eigenvalue weighted by atomic mass is 10.1. The van der Waals surface area contributed by atoms with Gasteiger partial charge in [0.1, 0.15) is 17.2 Å². The molecule has 1 N–H and O–H groups in total. The Hall–Kier alpha value is -3.13. The zero-order chi connectivity index (χ0) is 22.6. The van der Waals surface area contributed by atoms with Gasteiger partial charge in [-0.15, -0.1) is 0 Å². The third-order valence-electron chi connectivity index (χ3n) is 6.63. The molecule has 1 saturated carbocycles. The molecule has 2 aromatic carbocycles. The molecule has 32 heavy (non-hydrogen) atoms. The predicted molar refractivity (Wildman–Crippen MR) is 116 cm³/mol. The monoisotopic (exact) mass is 439 g/mol. The Morgan fingerprint density at radius 2 is 1.84 bits per heavy atom. The van der Waals surface area contributed by atoms with E-state index in [4.69, 9.17) is 4.74 Å². The van der Waals surface area contributed by atoms with E-state index >= 15 is 0 Å². The number of rotatable bonds is 3. The molecule has 3 aliphatic rings. The summed E-state index contributed by atoms with van der Waals surface area (Å²) in [5, 5.41) is 10.1. The lowest BCUT2D eigenvalue weighted by Gasteiger charge is -2.40. The third kappa shape index (κ3) is 3.48. The lowest BCUT2D eigenvalue weighted by molar-refractivity contribution is -0.144. The van der Waals surface area contributed by atoms with Gasteiger partial charge in [-0.25, -0.2) is 4.39 Å². The predicted octanol–water partition coefficient (Wildman–Crippen LogP) is 2.55. The van der Waals surface area contributed by atoms with E-state index in [9.17, 15) is 19.1 Å². The van der Waals surface area contributed by atoms with E-state index < -0.39 is 11.8 Å². The number of hydrogen-bond donors (Lipinski definition) is 1. The summed E-state index contributed by atoms with van der Waals surface area (Å²) in [5.74, 6) is -0.162. The van der Waals surface area contributed by atoms with Crippen LogP contribution in [0, 0.1) is 5.82 Å². The second-order valence-electron chi connectivity index (χ2n) is 8.95. The van der Waals surface area contributed by atoms with Crippen molar-refractivity contribution < 1.29 is 23.8 Å². The Labute approximate surface area is 186 Å². The van der Waals surface area contributed by atoms with Gasteiger partial charge in [-0.3, -0.25) is 9.59 Å². The van der Waals surface area contributed by atoms with Crippen LogP contribution in [-0.2, 0) is 4.79 Å². The number of benzene rings is 2. The highest BCUT2D eigenvalue weighted by atomic mass is 19.1. The molecule has 168 valence electrons. The molecule has 2 atom stereocenters. The van der Waals surface area contributed by atoms with Gasteiger partial charge in [-0.2, -0.15) is 0 Å². The minimum absolute atomic E-state index is 0.0904. The molecule has 5 rings (SSSR count). The topological polar surface area (TPSA) is 73.3 Å². The van der Waals surface area contributed by atoms with Crippen LogP contribution in [0.3, 0.4) is 0 Å². The molecule has 0 spiro atoms. The maximum Gasteiger partial charge on any atom is 0.254 e. The van der Waals surface area contributed by atoms with Crippen LogP contribution in [0.1, 0.15) is 41.9 Å². The summed E-state index contributed by atoms with van der Waals surface area (Å²) in [4.78, 5) is 30.9. The molecule has 0 radical (unpaired) electrons. The summed E-state index contributed by atoms with van der Waals surface area (Å²) < 4.78 is 19.4. The Balaban J connectivity index is 1.26. The number of fused-ring (bicyclic) bond motifs is 1. The minimum Gasteiger partial charge on any atom is -0.464 e. The van der Waals surface area contributed by atoms with Crippen molar-refractivity contribution in [3.63, 3.8) is 0 Å². The zero-order valence-electron chi connectivity index (χ0n) is 18.1. The van der Waals surface area contributed by atoms with Gasteiger partial charge in [0.05, 0.1) is 5.69 Å². The van der Waals surface area contributed by atoms with Crippen LogP contribution >= 0.6 is 0 Å². The van der Waals surface area contributed by atoms with E-state index in [0.29, 0.717) is 43.8 Å². The Morgan fingerprint density at radius 3 is 2.50 bits per heavy atom. The number of anilines is 1. The van der Waals surface area contributed by atoms with Crippen molar-refractivity contribution in [1.29, 1.82) is 0 Å². The molecule has 2 amide bonds. The van der Waals surface area contributed by atoms with Crippen LogP contribution in [-0.4, -0.2) is 65.0 Å². The Bertz CT molecular complexity index is 1070. The summed E-state index contributed by atoms with van der Waals surface area (Å²) >= 11 is 0. The van der Waals surface area contributed by atoms with Crippen LogP contribution in [0.4, 0.5) is 10.1 Å². The molecule has 1 unspecified atom stereocenters. The number of aliphatic hydroxyl groups is 1. The first-order valence-electron chi connectivity index (χ1n) is 10.9. The number of halogens is 1. The molecular weight excluding hydrogens is 413 g/mol. The SMILES string of the molecule is C[C@@H]1CN(C(=O)C2(O)CC2)CCN1C(=O)c1ccc(C2Oc3cc(F)ccc3N2C)cc1. The zero-order valence-corrected chi connectivity index (χ0v) is 18.1. The maximum absolute atomic E-state index is 13.5. The first-order chi connectivity index (χ1) is 15.3. The first kappa shape index (κ1) is 20.8. The average molecular weight is 439 g/mol. The molecule has 2 aromatic rings. The van der Waals surface area contributed by atoms with Crippen molar-refractivity contribution in [3.05, 3.63) is 59.4 Å². The number of piperazine rings is 1. The molecule has 0 bridgehead atoms. The fourth-order valence-corrected chi connectivity index (χ4v) is 4.52. The van der Waals surface area contributed by atoms with Crippen molar-refractivity contribution in [3.8, 4) is 5.75 Å². The summed E-state index contributed by atoms with van der Waals surface area (Å²) in [6.07, 6.45) is 0.648. The smallest absolute Gasteiger partial charge is 0.254 e. The molecule has 7 nitrogen and oxygen atoms in total. The lowest BCUT2D eigenvalue weighted by Crippen LogP contribution is -2.57. The maximum atomic E-state index is 13.5. The van der Waals surface area contributed by atoms with Gasteiger partial charge in [-0.05, 0) is 44.0 Å². The number of carbonyl (C=O) groups excluding carboxylic acids is 2. The quantitative estimate of drug-likeness (QED) is 0.796. The largest absolute Gasteiger partial charge is 0.464 e. The number of nitrogens with zero attached hydrogens (tertiary/aromatic N) is 3. The molecular formula is C24H26FN3O4. The highest BCUT2D eigenvalue weighted by Gasteiger charge is 2.51. The van der Waals surface area contributed by atoms with Crippen LogP contribution in [0.2, 0.25) is 0 Å². The van der Waals surface area contributed by atoms with Crippen molar-refractivity contribution in [1.82, 2.24) is 9.80 Å². The van der Waals surface area contributed by atoms with Gasteiger partial charge in [0.25, 0.3) is 11.8 Å². The molecule has 1 aliphatic carbocycles. The van der Waals surface area contributed by atoms with Crippen LogP contribution in [0.15, 0.2) is 42.5 Å². The summed E-state index contributed by atoms with van der Waals surface area (Å²) in [6.45, 7) is 3.19. The third-order valence-corrected chi connectivity index (χ3v) is 6.63. The summed E-state index contributed by atoms with van der Waals surface area (Å²) in [6, 6.07) is 11.6. The van der Waals surface area contributed by atoms with Crippen molar-refractivity contribution in [2.45, 2.75) is 37.6 Å². The van der Waals surface area contributed by atoms with Crippen LogP contribution in [0.5, 0.6) is 5.75 Å². The van der Waals surface area contributed by atoms with Crippen molar-refractivity contribution in [2.75, 3.05) is 31.6 Å². The van der Waals surface area contributed by atoms with E-state index in [1.54, 1.807) is 28.0 Å². The normalized spacial score (nSPS) is 23.6. The fraction of sp³-hybridized carbons (Fsp3) is 0.417. The summed E-state index contributed by atoms with van der Waals surface area (Å²) in [5.41, 5.74) is 1.06. The highest BCUT2D eigenvalue weighted by Crippen LogP contribution is 2.42. The molecule has 2 heterocycles. The number of ether oxygens (including phenoxy) is 1. The molecule has 1 saturated heterocycles. The standard InChI is InChI=1S/C24H26FN3O4/c1-15-14-27(23(30)24(31)9-10-24)11-12-28(15)21(29)16-3-5-17(6-4-16)22-26(2)19-8-7-18(25)13-20(19)32-22/h3-8,13,15,22,31H,9-12,14H2,1-2H3/t15-,22?/m1/s1. The van der Waals surface area contributed by atoms with Gasteiger partial charge < -0.3 is 24.5 Å². The first-order valence-corrected chi connectivity index (χ1v) is 10.9. The van der Waals surface area contributed by atoms with Gasteiger partial charge in [0.2, 0.25) is 0 Å². The van der Waals surface area contributed by atoms with E-state index in [1.165, 1.54) is 12.1 Å². The molecule has 2 fully saturated rings. The van der Waals surface area contributed by atoms with Crippen LogP contribution < -0.4 is 9.64 Å². The Morgan fingerprint density at radius 1 is 1.12 bits per heavy atom. The second-order valence-corrected chi connectivity index (χ2v) is 8.95. The van der Waals surface area contributed by atoms with E-state index in [2.05, 4.69) is 0 Å².